The second kappa shape index (κ2) is 6.97. The Morgan fingerprint density at radius 2 is 1.88 bits per heavy atom. The number of hydrogen-bond acceptors (Lipinski definition) is 2. The Balaban J connectivity index is 2.17. The smallest absolute Gasteiger partial charge is 0.0125 e. The lowest BCUT2D eigenvalue weighted by molar-refractivity contribution is 0.369. The summed E-state index contributed by atoms with van der Waals surface area (Å²) in [7, 11) is 0. The summed E-state index contributed by atoms with van der Waals surface area (Å²) in [5, 5.41) is 3.61. The van der Waals surface area contributed by atoms with Crippen LogP contribution in [0.15, 0.2) is 35.2 Å². The molecule has 1 rings (SSSR count). The zero-order chi connectivity index (χ0) is 11.9. The van der Waals surface area contributed by atoms with Crippen LogP contribution in [0.2, 0.25) is 0 Å². The summed E-state index contributed by atoms with van der Waals surface area (Å²) in [6.07, 6.45) is 2.48. The Hall–Kier alpha value is -0.470. The number of nitrogens with one attached hydrogen (secondary N) is 1. The van der Waals surface area contributed by atoms with Crippen LogP contribution in [0.4, 0.5) is 0 Å². The van der Waals surface area contributed by atoms with Crippen molar-refractivity contribution in [2.45, 2.75) is 44.0 Å². The van der Waals surface area contributed by atoms with Gasteiger partial charge in [0.05, 0.1) is 0 Å². The van der Waals surface area contributed by atoms with Crippen LogP contribution in [0.5, 0.6) is 0 Å². The monoisotopic (exact) mass is 237 g/mol. The van der Waals surface area contributed by atoms with Gasteiger partial charge in [0.2, 0.25) is 0 Å². The van der Waals surface area contributed by atoms with E-state index in [1.54, 1.807) is 0 Å². The molecule has 1 N–H and O–H groups in total. The van der Waals surface area contributed by atoms with Gasteiger partial charge < -0.3 is 5.32 Å². The first-order chi connectivity index (χ1) is 7.64. The van der Waals surface area contributed by atoms with E-state index in [4.69, 9.17) is 0 Å². The SMILES string of the molecule is CCCC(C)(C)NCCSc1ccccc1. The van der Waals surface area contributed by atoms with E-state index in [-0.39, 0.29) is 5.54 Å². The van der Waals surface area contributed by atoms with Crippen molar-refractivity contribution in [2.24, 2.45) is 0 Å². The Labute approximate surface area is 104 Å². The van der Waals surface area contributed by atoms with Crippen LogP contribution in [0.3, 0.4) is 0 Å². The molecule has 16 heavy (non-hydrogen) atoms. The zero-order valence-corrected chi connectivity index (χ0v) is 11.4. The van der Waals surface area contributed by atoms with Crippen molar-refractivity contribution in [2.75, 3.05) is 12.3 Å². The van der Waals surface area contributed by atoms with Crippen LogP contribution in [0, 0.1) is 0 Å². The van der Waals surface area contributed by atoms with E-state index < -0.39 is 0 Å². The summed E-state index contributed by atoms with van der Waals surface area (Å²) in [6, 6.07) is 10.6. The normalized spacial score (nSPS) is 11.7. The van der Waals surface area contributed by atoms with Crippen molar-refractivity contribution in [3.05, 3.63) is 30.3 Å². The first-order valence-electron chi connectivity index (χ1n) is 6.07. The fraction of sp³-hybridized carbons (Fsp3) is 0.571. The number of hydrogen-bond donors (Lipinski definition) is 1. The van der Waals surface area contributed by atoms with E-state index in [0.29, 0.717) is 0 Å². The van der Waals surface area contributed by atoms with Crippen LogP contribution in [0.1, 0.15) is 33.6 Å². The minimum Gasteiger partial charge on any atom is -0.311 e. The average Bonchev–Trinajstić information content (AvgIpc) is 2.26. The van der Waals surface area contributed by atoms with Gasteiger partial charge in [-0.05, 0) is 32.4 Å². The Kier molecular flexibility index (Phi) is 5.93. The fourth-order valence-electron chi connectivity index (χ4n) is 1.79. The molecule has 0 radical (unpaired) electrons. The molecule has 0 saturated heterocycles. The highest BCUT2D eigenvalue weighted by Crippen LogP contribution is 2.17. The van der Waals surface area contributed by atoms with Crippen molar-refractivity contribution in [1.82, 2.24) is 5.32 Å². The third-order valence-corrected chi connectivity index (χ3v) is 3.61. The van der Waals surface area contributed by atoms with E-state index in [2.05, 4.69) is 56.4 Å². The molecule has 0 atom stereocenters. The molecule has 0 spiro atoms. The molecule has 0 heterocycles. The molecular weight excluding hydrogens is 214 g/mol. The molecule has 0 amide bonds. The predicted molar refractivity (Wildman–Crippen MR) is 74.2 cm³/mol. The molecule has 1 nitrogen and oxygen atoms in total. The van der Waals surface area contributed by atoms with Gasteiger partial charge in [-0.25, -0.2) is 0 Å². The van der Waals surface area contributed by atoms with E-state index in [1.165, 1.54) is 17.7 Å². The molecule has 0 aliphatic rings. The molecule has 0 fully saturated rings. The maximum absolute atomic E-state index is 3.61. The van der Waals surface area contributed by atoms with Gasteiger partial charge in [0, 0.05) is 22.7 Å². The van der Waals surface area contributed by atoms with E-state index in [9.17, 15) is 0 Å². The van der Waals surface area contributed by atoms with Crippen molar-refractivity contribution in [3.63, 3.8) is 0 Å². The van der Waals surface area contributed by atoms with Crippen molar-refractivity contribution in [1.29, 1.82) is 0 Å². The maximum Gasteiger partial charge on any atom is 0.0125 e. The van der Waals surface area contributed by atoms with Crippen molar-refractivity contribution in [3.8, 4) is 0 Å². The Morgan fingerprint density at radius 3 is 2.50 bits per heavy atom. The van der Waals surface area contributed by atoms with Gasteiger partial charge >= 0.3 is 0 Å². The predicted octanol–water partition coefficient (Wildman–Crippen LogP) is 3.95. The first-order valence-corrected chi connectivity index (χ1v) is 7.05. The minimum absolute atomic E-state index is 0.284. The summed E-state index contributed by atoms with van der Waals surface area (Å²) in [5.41, 5.74) is 0.284. The molecule has 1 aromatic rings. The molecule has 0 saturated carbocycles. The van der Waals surface area contributed by atoms with Crippen LogP contribution >= 0.6 is 11.8 Å². The van der Waals surface area contributed by atoms with Crippen LogP contribution in [-0.2, 0) is 0 Å². The molecule has 2 heteroatoms. The van der Waals surface area contributed by atoms with Crippen molar-refractivity contribution < 1.29 is 0 Å². The highest BCUT2D eigenvalue weighted by Gasteiger charge is 2.14. The van der Waals surface area contributed by atoms with E-state index in [0.717, 1.165) is 12.3 Å². The molecule has 1 aromatic carbocycles. The van der Waals surface area contributed by atoms with Gasteiger partial charge in [0.15, 0.2) is 0 Å². The minimum atomic E-state index is 0.284. The summed E-state index contributed by atoms with van der Waals surface area (Å²) in [6.45, 7) is 7.88. The quantitative estimate of drug-likeness (QED) is 0.569. The average molecular weight is 237 g/mol. The van der Waals surface area contributed by atoms with Crippen LogP contribution < -0.4 is 5.32 Å². The number of thioether (sulfide) groups is 1. The van der Waals surface area contributed by atoms with Gasteiger partial charge in [-0.2, -0.15) is 0 Å². The lowest BCUT2D eigenvalue weighted by atomic mass is 9.99. The van der Waals surface area contributed by atoms with Crippen LogP contribution in [-0.4, -0.2) is 17.8 Å². The summed E-state index contributed by atoms with van der Waals surface area (Å²) < 4.78 is 0. The third-order valence-electron chi connectivity index (χ3n) is 2.59. The Morgan fingerprint density at radius 1 is 1.19 bits per heavy atom. The number of rotatable bonds is 7. The van der Waals surface area contributed by atoms with Gasteiger partial charge in [0.25, 0.3) is 0 Å². The molecule has 0 bridgehead atoms. The molecule has 0 unspecified atom stereocenters. The summed E-state index contributed by atoms with van der Waals surface area (Å²) >= 11 is 1.92. The third kappa shape index (κ3) is 5.57. The maximum atomic E-state index is 3.61. The van der Waals surface area contributed by atoms with Gasteiger partial charge in [-0.15, -0.1) is 11.8 Å². The topological polar surface area (TPSA) is 12.0 Å². The van der Waals surface area contributed by atoms with E-state index >= 15 is 0 Å². The molecular formula is C14H23NS. The highest BCUT2D eigenvalue weighted by atomic mass is 32.2. The summed E-state index contributed by atoms with van der Waals surface area (Å²) in [5.74, 6) is 1.14. The van der Waals surface area contributed by atoms with E-state index in [1.807, 2.05) is 11.8 Å². The molecule has 0 aliphatic heterocycles. The van der Waals surface area contributed by atoms with Gasteiger partial charge in [-0.3, -0.25) is 0 Å². The van der Waals surface area contributed by atoms with Crippen molar-refractivity contribution >= 4 is 11.8 Å². The standard InChI is InChI=1S/C14H23NS/c1-4-10-14(2,3)15-11-12-16-13-8-6-5-7-9-13/h5-9,15H,4,10-12H2,1-3H3. The van der Waals surface area contributed by atoms with Gasteiger partial charge in [0.1, 0.15) is 0 Å². The number of benzene rings is 1. The summed E-state index contributed by atoms with van der Waals surface area (Å²) in [4.78, 5) is 1.36. The fourth-order valence-corrected chi connectivity index (χ4v) is 2.58. The second-order valence-electron chi connectivity index (χ2n) is 4.72. The molecule has 0 aromatic heterocycles. The first kappa shape index (κ1) is 13.6. The van der Waals surface area contributed by atoms with Crippen LogP contribution in [0.25, 0.3) is 0 Å². The zero-order valence-electron chi connectivity index (χ0n) is 10.6. The van der Waals surface area contributed by atoms with Gasteiger partial charge in [-0.1, -0.05) is 31.5 Å². The molecule has 0 aliphatic carbocycles. The second-order valence-corrected chi connectivity index (χ2v) is 5.89. The largest absolute Gasteiger partial charge is 0.311 e. The lowest BCUT2D eigenvalue weighted by Crippen LogP contribution is -2.40. The Bertz CT molecular complexity index is 282. The molecule has 90 valence electrons. The highest BCUT2D eigenvalue weighted by molar-refractivity contribution is 7.99. The lowest BCUT2D eigenvalue weighted by Gasteiger charge is -2.25.